The molecule has 1 spiro atoms. The lowest BCUT2D eigenvalue weighted by atomic mass is 9.76. The molecule has 4 atom stereocenters. The maximum absolute atomic E-state index is 13.9. The van der Waals surface area contributed by atoms with Crippen molar-refractivity contribution in [2.24, 2.45) is 11.8 Å². The second-order valence-electron chi connectivity index (χ2n) is 8.61. The predicted molar refractivity (Wildman–Crippen MR) is 113 cm³/mol. The van der Waals surface area contributed by atoms with Crippen LogP contribution in [0.2, 0.25) is 0 Å². The van der Waals surface area contributed by atoms with E-state index < -0.39 is 17.4 Å². The lowest BCUT2D eigenvalue weighted by molar-refractivity contribution is -0.730. The van der Waals surface area contributed by atoms with Crippen LogP contribution >= 0.6 is 0 Å². The molecule has 2 fully saturated rings. The lowest BCUT2D eigenvalue weighted by Crippen LogP contribution is -2.98. The number of benzene rings is 2. The zero-order valence-corrected chi connectivity index (χ0v) is 17.0. The average molecular weight is 402 g/mol. The summed E-state index contributed by atoms with van der Waals surface area (Å²) in [6.45, 7) is 8.17. The molecule has 6 nitrogen and oxygen atoms in total. The normalized spacial score (nSPS) is 29.7. The first kappa shape index (κ1) is 18.8. The van der Waals surface area contributed by atoms with E-state index in [-0.39, 0.29) is 23.8 Å². The summed E-state index contributed by atoms with van der Waals surface area (Å²) in [6.07, 6.45) is 0. The van der Waals surface area contributed by atoms with E-state index in [2.05, 4.69) is 6.58 Å². The fourth-order valence-corrected chi connectivity index (χ4v) is 5.55. The molecule has 2 N–H and O–H groups in total. The van der Waals surface area contributed by atoms with Crippen molar-refractivity contribution in [1.82, 2.24) is 0 Å². The maximum atomic E-state index is 13.9. The molecule has 2 saturated heterocycles. The third-order valence-electron chi connectivity index (χ3n) is 6.62. The fourth-order valence-electron chi connectivity index (χ4n) is 5.55. The largest absolute Gasteiger partial charge is 0.326 e. The molecule has 0 aliphatic carbocycles. The standard InChI is InChI=1S/C24H23N3O3/c1-14(2)13-26-18-12-8-7-11-17(18)24(23(26)30)20-19(15(3)25-24)21(28)27(22(20)29)16-9-5-4-6-10-16/h4-12,15,19-20,25H,1,13H2,2-3H3/p+1/t15-,19-,20-,24-/m0/s1. The quantitative estimate of drug-likeness (QED) is 0.626. The van der Waals surface area contributed by atoms with E-state index in [0.717, 1.165) is 16.8 Å². The van der Waals surface area contributed by atoms with E-state index in [1.807, 2.05) is 49.5 Å². The van der Waals surface area contributed by atoms with Gasteiger partial charge in [0.25, 0.3) is 5.91 Å². The summed E-state index contributed by atoms with van der Waals surface area (Å²) >= 11 is 0. The third kappa shape index (κ3) is 2.25. The molecule has 0 aromatic heterocycles. The van der Waals surface area contributed by atoms with Gasteiger partial charge in [-0.2, -0.15) is 0 Å². The summed E-state index contributed by atoms with van der Waals surface area (Å²) < 4.78 is 0. The SMILES string of the molecule is C=C(C)CN1C(=O)[C@]2([NH2+][C@@H](C)[C@@H]3C(=O)N(c4ccccc4)C(=O)[C@H]32)c2ccccc21. The third-order valence-corrected chi connectivity index (χ3v) is 6.62. The highest BCUT2D eigenvalue weighted by Crippen LogP contribution is 2.51. The number of hydrogen-bond acceptors (Lipinski definition) is 3. The van der Waals surface area contributed by atoms with E-state index in [0.29, 0.717) is 12.2 Å². The van der Waals surface area contributed by atoms with Crippen LogP contribution in [0.3, 0.4) is 0 Å². The summed E-state index contributed by atoms with van der Waals surface area (Å²) in [7, 11) is 0. The molecular formula is C24H24N3O3+. The maximum Gasteiger partial charge on any atom is 0.294 e. The zero-order chi connectivity index (χ0) is 21.2. The van der Waals surface area contributed by atoms with E-state index in [1.165, 1.54) is 4.90 Å². The number of rotatable bonds is 3. The Bertz CT molecular complexity index is 1100. The minimum atomic E-state index is -1.12. The summed E-state index contributed by atoms with van der Waals surface area (Å²) in [4.78, 5) is 43.9. The summed E-state index contributed by atoms with van der Waals surface area (Å²) in [5.74, 6) is -1.93. The van der Waals surface area contributed by atoms with Crippen LogP contribution in [-0.2, 0) is 19.9 Å². The molecule has 3 aliphatic rings. The highest BCUT2D eigenvalue weighted by Gasteiger charge is 2.74. The summed E-state index contributed by atoms with van der Waals surface area (Å²) in [5, 5.41) is 1.94. The van der Waals surface area contributed by atoms with Crippen LogP contribution in [-0.4, -0.2) is 30.3 Å². The van der Waals surface area contributed by atoms with Gasteiger partial charge in [-0.05, 0) is 32.0 Å². The van der Waals surface area contributed by atoms with Crippen molar-refractivity contribution in [2.45, 2.75) is 25.4 Å². The average Bonchev–Trinajstić information content (AvgIpc) is 3.27. The Kier molecular flexibility index (Phi) is 3.98. The molecule has 3 aliphatic heterocycles. The van der Waals surface area contributed by atoms with Crippen molar-refractivity contribution in [1.29, 1.82) is 0 Å². The first-order chi connectivity index (χ1) is 14.4. The molecule has 30 heavy (non-hydrogen) atoms. The highest BCUT2D eigenvalue weighted by atomic mass is 16.2. The van der Waals surface area contributed by atoms with Gasteiger partial charge in [0, 0.05) is 12.1 Å². The van der Waals surface area contributed by atoms with Gasteiger partial charge >= 0.3 is 0 Å². The number of nitrogens with two attached hydrogens (primary N) is 1. The Morgan fingerprint density at radius 3 is 2.40 bits per heavy atom. The molecule has 0 unspecified atom stereocenters. The molecule has 2 aromatic carbocycles. The van der Waals surface area contributed by atoms with Crippen molar-refractivity contribution in [3.63, 3.8) is 0 Å². The van der Waals surface area contributed by atoms with Crippen LogP contribution in [0, 0.1) is 11.8 Å². The van der Waals surface area contributed by atoms with Crippen molar-refractivity contribution in [3.05, 3.63) is 72.3 Å². The lowest BCUT2D eigenvalue weighted by Gasteiger charge is -2.27. The Morgan fingerprint density at radius 1 is 1.03 bits per heavy atom. The number of carbonyl (C=O) groups excluding carboxylic acids is 3. The van der Waals surface area contributed by atoms with Crippen molar-refractivity contribution in [2.75, 3.05) is 16.3 Å². The zero-order valence-electron chi connectivity index (χ0n) is 17.0. The van der Waals surface area contributed by atoms with Crippen LogP contribution in [0.5, 0.6) is 0 Å². The number of quaternary nitrogens is 1. The van der Waals surface area contributed by atoms with Gasteiger partial charge < -0.3 is 10.2 Å². The van der Waals surface area contributed by atoms with Crippen LogP contribution in [0.4, 0.5) is 11.4 Å². The Balaban J connectivity index is 1.67. The van der Waals surface area contributed by atoms with Crippen molar-refractivity contribution in [3.8, 4) is 0 Å². The summed E-state index contributed by atoms with van der Waals surface area (Å²) in [5.41, 5.74) is 1.91. The molecule has 2 aromatic rings. The van der Waals surface area contributed by atoms with Gasteiger partial charge in [0.05, 0.1) is 17.4 Å². The molecule has 6 heteroatoms. The minimum absolute atomic E-state index is 0.137. The van der Waals surface area contributed by atoms with Crippen LogP contribution < -0.4 is 15.1 Å². The number of anilines is 2. The van der Waals surface area contributed by atoms with Crippen molar-refractivity contribution < 1.29 is 19.7 Å². The van der Waals surface area contributed by atoms with Crippen molar-refractivity contribution >= 4 is 29.1 Å². The van der Waals surface area contributed by atoms with Gasteiger partial charge in [0.1, 0.15) is 11.8 Å². The van der Waals surface area contributed by atoms with E-state index in [9.17, 15) is 14.4 Å². The second-order valence-corrected chi connectivity index (χ2v) is 8.61. The fraction of sp³-hybridized carbons (Fsp3) is 0.292. The number of hydrogen-bond donors (Lipinski definition) is 1. The van der Waals surface area contributed by atoms with E-state index in [4.69, 9.17) is 0 Å². The molecule has 0 radical (unpaired) electrons. The summed E-state index contributed by atoms with van der Waals surface area (Å²) in [6, 6.07) is 16.4. The van der Waals surface area contributed by atoms with Crippen LogP contribution in [0.15, 0.2) is 66.7 Å². The molecule has 152 valence electrons. The van der Waals surface area contributed by atoms with E-state index in [1.54, 1.807) is 29.2 Å². The molecule has 0 saturated carbocycles. The molecular weight excluding hydrogens is 378 g/mol. The second kappa shape index (κ2) is 6.37. The number of amides is 3. The van der Waals surface area contributed by atoms with Gasteiger partial charge in [-0.15, -0.1) is 0 Å². The van der Waals surface area contributed by atoms with Crippen LogP contribution in [0.1, 0.15) is 19.4 Å². The molecule has 5 rings (SSSR count). The Labute approximate surface area is 175 Å². The highest BCUT2D eigenvalue weighted by molar-refractivity contribution is 6.25. The number of carbonyl (C=O) groups is 3. The van der Waals surface area contributed by atoms with Crippen LogP contribution in [0.25, 0.3) is 0 Å². The Hall–Kier alpha value is -3.25. The Morgan fingerprint density at radius 2 is 1.70 bits per heavy atom. The number of para-hydroxylation sites is 2. The number of fused-ring (bicyclic) bond motifs is 4. The molecule has 3 heterocycles. The van der Waals surface area contributed by atoms with Gasteiger partial charge in [-0.25, -0.2) is 4.90 Å². The predicted octanol–water partition coefficient (Wildman–Crippen LogP) is 1.58. The molecule has 0 bridgehead atoms. The first-order valence-corrected chi connectivity index (χ1v) is 10.2. The smallest absolute Gasteiger partial charge is 0.294 e. The monoisotopic (exact) mass is 402 g/mol. The van der Waals surface area contributed by atoms with Gasteiger partial charge in [0.2, 0.25) is 17.4 Å². The minimum Gasteiger partial charge on any atom is -0.326 e. The van der Waals surface area contributed by atoms with Gasteiger partial charge in [0.15, 0.2) is 0 Å². The topological polar surface area (TPSA) is 74.3 Å². The van der Waals surface area contributed by atoms with E-state index >= 15 is 0 Å². The number of imide groups is 1. The number of nitrogens with zero attached hydrogens (tertiary/aromatic N) is 2. The van der Waals surface area contributed by atoms with Gasteiger partial charge in [-0.3, -0.25) is 14.4 Å². The molecule has 3 amide bonds. The van der Waals surface area contributed by atoms with Gasteiger partial charge in [-0.1, -0.05) is 48.6 Å². The first-order valence-electron chi connectivity index (χ1n) is 10.2.